The Morgan fingerprint density at radius 3 is 2.60 bits per heavy atom. The second-order valence-electron chi connectivity index (χ2n) is 12.0. The Labute approximate surface area is 258 Å². The molecular weight excluding hydrogens is 577 g/mol. The fourth-order valence-corrected chi connectivity index (χ4v) is 6.01. The molecule has 0 bridgehead atoms. The summed E-state index contributed by atoms with van der Waals surface area (Å²) in [5, 5.41) is 12.9. The van der Waals surface area contributed by atoms with Gasteiger partial charge in [0.05, 0.1) is 29.5 Å². The van der Waals surface area contributed by atoms with Crippen molar-refractivity contribution in [2.75, 3.05) is 45.6 Å². The molecule has 1 saturated heterocycles. The molecule has 1 fully saturated rings. The number of fused-ring (bicyclic) bond motifs is 2. The predicted octanol–water partition coefficient (Wildman–Crippen LogP) is 6.79. The molecule has 0 unspecified atom stereocenters. The summed E-state index contributed by atoms with van der Waals surface area (Å²) in [6, 6.07) is 15.0. The molecule has 45 heavy (non-hydrogen) atoms. The number of rotatable bonds is 9. The van der Waals surface area contributed by atoms with Gasteiger partial charge in [-0.1, -0.05) is 6.07 Å². The Balaban J connectivity index is 1.20. The number of anilines is 1. The van der Waals surface area contributed by atoms with E-state index < -0.39 is 5.92 Å². The van der Waals surface area contributed by atoms with Crippen LogP contribution in [0.5, 0.6) is 0 Å². The van der Waals surface area contributed by atoms with E-state index in [0.29, 0.717) is 25.3 Å². The lowest BCUT2D eigenvalue weighted by Gasteiger charge is -2.15. The van der Waals surface area contributed by atoms with E-state index in [1.165, 1.54) is 12.1 Å². The molecule has 1 aliphatic rings. The van der Waals surface area contributed by atoms with Crippen molar-refractivity contribution in [3.63, 3.8) is 0 Å². The van der Waals surface area contributed by atoms with Crippen LogP contribution in [-0.2, 0) is 6.54 Å². The average Bonchev–Trinajstić information content (AvgIpc) is 3.72. The van der Waals surface area contributed by atoms with Crippen LogP contribution in [0.25, 0.3) is 55.4 Å². The first-order chi connectivity index (χ1) is 21.7. The number of pyridine rings is 2. The summed E-state index contributed by atoms with van der Waals surface area (Å²) >= 11 is 0. The van der Waals surface area contributed by atoms with Gasteiger partial charge >= 0.3 is 0 Å². The summed E-state index contributed by atoms with van der Waals surface area (Å²) in [4.78, 5) is 16.1. The van der Waals surface area contributed by atoms with Crippen LogP contribution in [0.4, 0.5) is 18.9 Å². The third-order valence-corrected chi connectivity index (χ3v) is 8.24. The lowest BCUT2D eigenvalue weighted by atomic mass is 10.0. The van der Waals surface area contributed by atoms with Crippen LogP contribution in [0.2, 0.25) is 0 Å². The first-order valence-electron chi connectivity index (χ1n) is 14.9. The minimum Gasteiger partial charge on any atom is -0.384 e. The Morgan fingerprint density at radius 1 is 0.911 bits per heavy atom. The SMILES string of the molecule is CN(C)CCNc1cc(F)cc(-c2cncc3[nH]c(-c4n[nH]c5ccc(-c6cncc(CN7CCC(F)(F)C7)c6)cc45)cc23)c1. The van der Waals surface area contributed by atoms with Crippen molar-refractivity contribution < 1.29 is 13.2 Å². The van der Waals surface area contributed by atoms with Gasteiger partial charge < -0.3 is 15.2 Å². The van der Waals surface area contributed by atoms with Gasteiger partial charge in [-0.2, -0.15) is 5.10 Å². The normalized spacial score (nSPS) is 15.1. The maximum absolute atomic E-state index is 14.7. The fourth-order valence-electron chi connectivity index (χ4n) is 6.01. The van der Waals surface area contributed by atoms with Crippen molar-refractivity contribution in [2.45, 2.75) is 18.9 Å². The van der Waals surface area contributed by atoms with E-state index in [9.17, 15) is 13.2 Å². The first kappa shape index (κ1) is 29.0. The van der Waals surface area contributed by atoms with Gasteiger partial charge in [0.15, 0.2) is 0 Å². The molecule has 230 valence electrons. The number of likely N-dealkylation sites (N-methyl/N-ethyl adjacent to an activating group) is 1. The van der Waals surface area contributed by atoms with Crippen LogP contribution in [0.3, 0.4) is 0 Å². The summed E-state index contributed by atoms with van der Waals surface area (Å²) in [5.41, 5.74) is 8.19. The third kappa shape index (κ3) is 6.13. The van der Waals surface area contributed by atoms with Crippen LogP contribution in [0.1, 0.15) is 12.0 Å². The quantitative estimate of drug-likeness (QED) is 0.167. The minimum atomic E-state index is -2.63. The summed E-state index contributed by atoms with van der Waals surface area (Å²) in [6.07, 6.45) is 6.92. The van der Waals surface area contributed by atoms with Gasteiger partial charge in [0, 0.05) is 78.8 Å². The average molecular weight is 611 g/mol. The van der Waals surface area contributed by atoms with Gasteiger partial charge in [0.1, 0.15) is 11.5 Å². The first-order valence-corrected chi connectivity index (χ1v) is 14.9. The highest BCUT2D eigenvalue weighted by Gasteiger charge is 2.37. The van der Waals surface area contributed by atoms with E-state index in [0.717, 1.165) is 67.6 Å². The van der Waals surface area contributed by atoms with Crippen LogP contribution >= 0.6 is 0 Å². The second kappa shape index (κ2) is 11.6. The van der Waals surface area contributed by atoms with Gasteiger partial charge in [0.25, 0.3) is 5.92 Å². The highest BCUT2D eigenvalue weighted by atomic mass is 19.3. The number of alkyl halides is 2. The van der Waals surface area contributed by atoms with Crippen LogP contribution < -0.4 is 5.32 Å². The number of aromatic amines is 2. The van der Waals surface area contributed by atoms with Crippen LogP contribution in [0, 0.1) is 5.82 Å². The van der Waals surface area contributed by atoms with E-state index in [4.69, 9.17) is 0 Å². The van der Waals surface area contributed by atoms with E-state index in [2.05, 4.69) is 41.4 Å². The zero-order valence-electron chi connectivity index (χ0n) is 25.0. The molecule has 11 heteroatoms. The molecule has 1 aliphatic heterocycles. The topological polar surface area (TPSA) is 88.8 Å². The number of hydrogen-bond acceptors (Lipinski definition) is 6. The number of nitrogens with zero attached hydrogens (tertiary/aromatic N) is 5. The van der Waals surface area contributed by atoms with Gasteiger partial charge in [-0.25, -0.2) is 13.2 Å². The monoisotopic (exact) mass is 610 g/mol. The molecule has 6 aromatic rings. The Hall–Kier alpha value is -4.74. The lowest BCUT2D eigenvalue weighted by Crippen LogP contribution is -2.24. The van der Waals surface area contributed by atoms with Crippen molar-refractivity contribution in [3.8, 4) is 33.6 Å². The summed E-state index contributed by atoms with van der Waals surface area (Å²) < 4.78 is 42.1. The molecule has 2 aromatic carbocycles. The van der Waals surface area contributed by atoms with Crippen molar-refractivity contribution >= 4 is 27.5 Å². The molecule has 0 amide bonds. The number of aromatic nitrogens is 5. The molecule has 4 aromatic heterocycles. The van der Waals surface area contributed by atoms with Crippen LogP contribution in [0.15, 0.2) is 73.3 Å². The van der Waals surface area contributed by atoms with E-state index in [1.54, 1.807) is 29.7 Å². The van der Waals surface area contributed by atoms with E-state index >= 15 is 0 Å². The largest absolute Gasteiger partial charge is 0.384 e. The second-order valence-corrected chi connectivity index (χ2v) is 12.0. The summed E-state index contributed by atoms with van der Waals surface area (Å²) in [5.74, 6) is -2.95. The minimum absolute atomic E-state index is 0.108. The lowest BCUT2D eigenvalue weighted by molar-refractivity contribution is 0.0115. The number of nitrogens with one attached hydrogen (secondary N) is 3. The molecule has 0 aliphatic carbocycles. The number of H-pyrrole nitrogens is 2. The number of hydrogen-bond donors (Lipinski definition) is 3. The molecule has 0 saturated carbocycles. The number of likely N-dealkylation sites (tertiary alicyclic amines) is 1. The molecule has 7 rings (SSSR count). The predicted molar refractivity (Wildman–Crippen MR) is 172 cm³/mol. The standard InChI is InChI=1S/C34H33F3N8/c1-44(2)8-6-40-26-11-23(10-25(35)13-26)29-17-39-18-32-27(29)14-31(41-32)33-28-12-22(3-4-30(28)42-43-33)24-9-21(15-38-16-24)19-45-7-5-34(36,37)20-45/h3-4,9-18,40-41H,5-8,19-20H2,1-2H3,(H,42,43). The van der Waals surface area contributed by atoms with Crippen molar-refractivity contribution in [2.24, 2.45) is 0 Å². The molecule has 0 atom stereocenters. The molecule has 8 nitrogen and oxygen atoms in total. The smallest absolute Gasteiger partial charge is 0.261 e. The van der Waals surface area contributed by atoms with Gasteiger partial charge in [0.2, 0.25) is 0 Å². The van der Waals surface area contributed by atoms with Gasteiger partial charge in [-0.05, 0) is 73.3 Å². The number of benzene rings is 2. The highest BCUT2D eigenvalue weighted by molar-refractivity contribution is 6.01. The fraction of sp³-hybridized carbons (Fsp3) is 0.265. The van der Waals surface area contributed by atoms with E-state index in [1.807, 2.05) is 44.4 Å². The maximum atomic E-state index is 14.7. The molecule has 0 radical (unpaired) electrons. The zero-order chi connectivity index (χ0) is 31.1. The Kier molecular flexibility index (Phi) is 7.50. The van der Waals surface area contributed by atoms with Crippen molar-refractivity contribution in [1.82, 2.24) is 34.9 Å². The van der Waals surface area contributed by atoms with Gasteiger partial charge in [-0.3, -0.25) is 20.0 Å². The number of halogens is 3. The summed E-state index contributed by atoms with van der Waals surface area (Å²) in [6.45, 7) is 2.10. The molecular formula is C34H33F3N8. The van der Waals surface area contributed by atoms with Crippen LogP contribution in [-0.4, -0.2) is 81.1 Å². The molecule has 5 heterocycles. The zero-order valence-corrected chi connectivity index (χ0v) is 25.0. The van der Waals surface area contributed by atoms with Crippen molar-refractivity contribution in [1.29, 1.82) is 0 Å². The summed E-state index contributed by atoms with van der Waals surface area (Å²) in [7, 11) is 3.99. The van der Waals surface area contributed by atoms with Crippen molar-refractivity contribution in [3.05, 3.63) is 84.7 Å². The Bertz CT molecular complexity index is 2000. The molecule has 0 spiro atoms. The Morgan fingerprint density at radius 2 is 1.78 bits per heavy atom. The molecule has 3 N–H and O–H groups in total. The maximum Gasteiger partial charge on any atom is 0.261 e. The highest BCUT2D eigenvalue weighted by Crippen LogP contribution is 2.36. The van der Waals surface area contributed by atoms with Gasteiger partial charge in [-0.15, -0.1) is 0 Å². The van der Waals surface area contributed by atoms with E-state index in [-0.39, 0.29) is 18.8 Å². The third-order valence-electron chi connectivity index (χ3n) is 8.24.